The lowest BCUT2D eigenvalue weighted by molar-refractivity contribution is -0.156. The van der Waals surface area contributed by atoms with E-state index in [4.69, 9.17) is 9.47 Å². The van der Waals surface area contributed by atoms with E-state index in [1.165, 1.54) is 0 Å². The van der Waals surface area contributed by atoms with Crippen LogP contribution in [0.1, 0.15) is 34.6 Å². The summed E-state index contributed by atoms with van der Waals surface area (Å²) >= 11 is 0. The molecule has 1 aliphatic heterocycles. The minimum Gasteiger partial charge on any atom is -0.458 e. The van der Waals surface area contributed by atoms with Crippen molar-refractivity contribution in [3.8, 4) is 0 Å². The van der Waals surface area contributed by atoms with Crippen LogP contribution in [0, 0.1) is 5.92 Å². The predicted octanol–water partition coefficient (Wildman–Crippen LogP) is 1.75. The van der Waals surface area contributed by atoms with E-state index in [-0.39, 0.29) is 18.2 Å². The van der Waals surface area contributed by atoms with E-state index in [1.807, 2.05) is 34.6 Å². The number of epoxide rings is 1. The van der Waals surface area contributed by atoms with Crippen LogP contribution in [0.4, 0.5) is 0 Å². The van der Waals surface area contributed by atoms with Gasteiger partial charge in [0, 0.05) is 0 Å². The Kier molecular flexibility index (Phi) is 2.66. The van der Waals surface area contributed by atoms with Gasteiger partial charge in [0.25, 0.3) is 0 Å². The molecule has 0 aromatic heterocycles. The summed E-state index contributed by atoms with van der Waals surface area (Å²) in [5.41, 5.74) is -0.412. The van der Waals surface area contributed by atoms with Gasteiger partial charge in [-0.2, -0.15) is 0 Å². The second kappa shape index (κ2) is 3.29. The molecule has 0 saturated carbocycles. The van der Waals surface area contributed by atoms with Gasteiger partial charge in [-0.1, -0.05) is 13.8 Å². The van der Waals surface area contributed by atoms with Crippen LogP contribution in [-0.2, 0) is 14.3 Å². The zero-order chi connectivity index (χ0) is 10.2. The van der Waals surface area contributed by atoms with Crippen LogP contribution in [0.2, 0.25) is 0 Å². The Labute approximate surface area is 79.4 Å². The van der Waals surface area contributed by atoms with E-state index in [2.05, 4.69) is 0 Å². The number of ether oxygens (including phenoxy) is 2. The molecule has 0 N–H and O–H groups in total. The van der Waals surface area contributed by atoms with Crippen LogP contribution in [0.5, 0.6) is 0 Å². The van der Waals surface area contributed by atoms with Gasteiger partial charge >= 0.3 is 5.97 Å². The summed E-state index contributed by atoms with van der Waals surface area (Å²) in [5, 5.41) is 0. The molecule has 3 nitrogen and oxygen atoms in total. The first kappa shape index (κ1) is 10.5. The molecule has 1 fully saturated rings. The number of hydrogen-bond acceptors (Lipinski definition) is 3. The lowest BCUT2D eigenvalue weighted by Gasteiger charge is -2.18. The van der Waals surface area contributed by atoms with Crippen LogP contribution in [0.25, 0.3) is 0 Å². The molecule has 0 aromatic carbocycles. The van der Waals surface area contributed by atoms with Gasteiger partial charge in [0.05, 0.1) is 6.10 Å². The molecule has 0 bridgehead atoms. The SMILES string of the molecule is CC(C)[C@@H]1O[C@H]1C(=O)OC(C)(C)C. The van der Waals surface area contributed by atoms with Crippen molar-refractivity contribution in [1.82, 2.24) is 0 Å². The van der Waals surface area contributed by atoms with Crippen LogP contribution in [0.3, 0.4) is 0 Å². The lowest BCUT2D eigenvalue weighted by Crippen LogP contribution is -2.28. The fraction of sp³-hybridized carbons (Fsp3) is 0.900. The van der Waals surface area contributed by atoms with Gasteiger partial charge in [-0.05, 0) is 26.7 Å². The molecule has 1 heterocycles. The molecule has 1 saturated heterocycles. The van der Waals surface area contributed by atoms with Crippen molar-refractivity contribution in [2.45, 2.75) is 52.4 Å². The molecular formula is C10H18O3. The van der Waals surface area contributed by atoms with Gasteiger partial charge in [-0.3, -0.25) is 0 Å². The summed E-state index contributed by atoms with van der Waals surface area (Å²) in [5.74, 6) is 0.156. The quantitative estimate of drug-likeness (QED) is 0.487. The smallest absolute Gasteiger partial charge is 0.338 e. The monoisotopic (exact) mass is 186 g/mol. The molecule has 0 spiro atoms. The number of rotatable bonds is 2. The van der Waals surface area contributed by atoms with E-state index < -0.39 is 5.60 Å². The van der Waals surface area contributed by atoms with E-state index >= 15 is 0 Å². The zero-order valence-corrected chi connectivity index (χ0v) is 8.96. The first-order valence-corrected chi connectivity index (χ1v) is 4.69. The molecule has 0 radical (unpaired) electrons. The zero-order valence-electron chi connectivity index (χ0n) is 8.96. The molecule has 13 heavy (non-hydrogen) atoms. The van der Waals surface area contributed by atoms with Crippen molar-refractivity contribution in [2.24, 2.45) is 5.92 Å². The van der Waals surface area contributed by atoms with Crippen molar-refractivity contribution in [3.05, 3.63) is 0 Å². The van der Waals surface area contributed by atoms with Gasteiger partial charge < -0.3 is 9.47 Å². The number of carbonyl (C=O) groups excluding carboxylic acids is 1. The summed E-state index contributed by atoms with van der Waals surface area (Å²) in [7, 11) is 0. The summed E-state index contributed by atoms with van der Waals surface area (Å²) in [6.07, 6.45) is -0.255. The summed E-state index contributed by atoms with van der Waals surface area (Å²) in [6, 6.07) is 0. The Hall–Kier alpha value is -0.570. The van der Waals surface area contributed by atoms with Crippen molar-refractivity contribution < 1.29 is 14.3 Å². The first-order valence-electron chi connectivity index (χ1n) is 4.69. The first-order chi connectivity index (χ1) is 5.81. The molecule has 1 aliphatic rings. The van der Waals surface area contributed by atoms with Crippen molar-refractivity contribution >= 4 is 5.97 Å². The average molecular weight is 186 g/mol. The van der Waals surface area contributed by atoms with Crippen LogP contribution < -0.4 is 0 Å². The molecular weight excluding hydrogens is 168 g/mol. The van der Waals surface area contributed by atoms with Gasteiger partial charge in [-0.15, -0.1) is 0 Å². The summed E-state index contributed by atoms with van der Waals surface area (Å²) < 4.78 is 10.4. The summed E-state index contributed by atoms with van der Waals surface area (Å²) in [6.45, 7) is 9.65. The van der Waals surface area contributed by atoms with Gasteiger partial charge in [0.2, 0.25) is 0 Å². The van der Waals surface area contributed by atoms with Gasteiger partial charge in [0.15, 0.2) is 6.10 Å². The fourth-order valence-electron chi connectivity index (χ4n) is 1.18. The molecule has 1 rings (SSSR count). The maximum Gasteiger partial charge on any atom is 0.338 e. The second-order valence-corrected chi connectivity index (χ2v) is 4.80. The number of carbonyl (C=O) groups is 1. The molecule has 2 atom stereocenters. The Bertz CT molecular complexity index is 203. The second-order valence-electron chi connectivity index (χ2n) is 4.80. The van der Waals surface area contributed by atoms with E-state index in [1.54, 1.807) is 0 Å². The maximum absolute atomic E-state index is 11.4. The lowest BCUT2D eigenvalue weighted by atomic mass is 10.1. The molecule has 0 aromatic rings. The van der Waals surface area contributed by atoms with E-state index in [0.29, 0.717) is 5.92 Å². The van der Waals surface area contributed by atoms with Crippen molar-refractivity contribution in [3.63, 3.8) is 0 Å². The fourth-order valence-corrected chi connectivity index (χ4v) is 1.18. The molecule has 3 heteroatoms. The van der Waals surface area contributed by atoms with Gasteiger partial charge in [-0.25, -0.2) is 4.79 Å². The van der Waals surface area contributed by atoms with Crippen LogP contribution in [0.15, 0.2) is 0 Å². The van der Waals surface area contributed by atoms with Crippen LogP contribution in [-0.4, -0.2) is 23.8 Å². The Morgan fingerprint density at radius 1 is 1.38 bits per heavy atom. The minimum absolute atomic E-state index is 0.0647. The molecule has 0 amide bonds. The highest BCUT2D eigenvalue weighted by Crippen LogP contribution is 2.31. The Morgan fingerprint density at radius 3 is 2.23 bits per heavy atom. The largest absolute Gasteiger partial charge is 0.458 e. The number of hydrogen-bond donors (Lipinski definition) is 0. The molecule has 0 aliphatic carbocycles. The standard InChI is InChI=1S/C10H18O3/c1-6(2)7-8(12-7)9(11)13-10(3,4)5/h6-8H,1-5H3/t7-,8+/m0/s1. The highest BCUT2D eigenvalue weighted by molar-refractivity contribution is 5.78. The normalized spacial score (nSPS) is 27.5. The predicted molar refractivity (Wildman–Crippen MR) is 49.3 cm³/mol. The van der Waals surface area contributed by atoms with Crippen molar-refractivity contribution in [1.29, 1.82) is 0 Å². The minimum atomic E-state index is -0.412. The molecule has 0 unspecified atom stereocenters. The van der Waals surface area contributed by atoms with Crippen molar-refractivity contribution in [2.75, 3.05) is 0 Å². The van der Waals surface area contributed by atoms with Gasteiger partial charge in [0.1, 0.15) is 5.60 Å². The van der Waals surface area contributed by atoms with Crippen LogP contribution >= 0.6 is 0 Å². The van der Waals surface area contributed by atoms with E-state index in [0.717, 1.165) is 0 Å². The highest BCUT2D eigenvalue weighted by Gasteiger charge is 2.48. The highest BCUT2D eigenvalue weighted by atomic mass is 16.6. The Balaban J connectivity index is 2.36. The maximum atomic E-state index is 11.4. The third-order valence-electron chi connectivity index (χ3n) is 1.82. The summed E-state index contributed by atoms with van der Waals surface area (Å²) in [4.78, 5) is 11.4. The van der Waals surface area contributed by atoms with E-state index in [9.17, 15) is 4.79 Å². The number of esters is 1. The topological polar surface area (TPSA) is 38.8 Å². The average Bonchev–Trinajstić information content (AvgIpc) is 2.58. The Morgan fingerprint density at radius 2 is 1.92 bits per heavy atom. The molecule has 76 valence electrons. The third kappa shape index (κ3) is 2.99. The third-order valence-corrected chi connectivity index (χ3v) is 1.82.